The molecule has 0 saturated carbocycles. The molecule has 124 valence electrons. The van der Waals surface area contributed by atoms with Gasteiger partial charge < -0.3 is 9.84 Å². The van der Waals surface area contributed by atoms with Gasteiger partial charge in [0.15, 0.2) is 0 Å². The Balaban J connectivity index is 1.92. The van der Waals surface area contributed by atoms with E-state index < -0.39 is 5.97 Å². The lowest BCUT2D eigenvalue weighted by atomic mass is 10.0. The van der Waals surface area contributed by atoms with E-state index in [4.69, 9.17) is 9.84 Å². The zero-order valence-corrected chi connectivity index (χ0v) is 13.7. The summed E-state index contributed by atoms with van der Waals surface area (Å²) in [6.45, 7) is 4.43. The molecular formula is C21H22O3. The molecule has 0 fully saturated rings. The molecule has 0 unspecified atom stereocenters. The molecular weight excluding hydrogens is 300 g/mol. The van der Waals surface area contributed by atoms with Gasteiger partial charge in [-0.05, 0) is 54.2 Å². The van der Waals surface area contributed by atoms with E-state index in [0.29, 0.717) is 0 Å². The monoisotopic (exact) mass is 322 g/mol. The zero-order valence-electron chi connectivity index (χ0n) is 13.7. The van der Waals surface area contributed by atoms with Crippen LogP contribution in [0.3, 0.4) is 0 Å². The van der Waals surface area contributed by atoms with Gasteiger partial charge in [0.25, 0.3) is 0 Å². The van der Waals surface area contributed by atoms with Crippen LogP contribution >= 0.6 is 0 Å². The molecule has 0 aliphatic carbocycles. The van der Waals surface area contributed by atoms with Crippen LogP contribution in [0.2, 0.25) is 0 Å². The van der Waals surface area contributed by atoms with E-state index >= 15 is 0 Å². The third kappa shape index (κ3) is 5.76. The van der Waals surface area contributed by atoms with Crippen LogP contribution in [0.15, 0.2) is 67.3 Å². The first kappa shape index (κ1) is 17.5. The molecule has 3 heteroatoms. The van der Waals surface area contributed by atoms with E-state index in [1.54, 1.807) is 6.08 Å². The summed E-state index contributed by atoms with van der Waals surface area (Å²) in [6.07, 6.45) is 7.80. The summed E-state index contributed by atoms with van der Waals surface area (Å²) in [6, 6.07) is 15.8. The van der Waals surface area contributed by atoms with Gasteiger partial charge in [-0.15, -0.1) is 6.58 Å². The number of carboxylic acids is 1. The summed E-state index contributed by atoms with van der Waals surface area (Å²) in [7, 11) is 0. The highest BCUT2D eigenvalue weighted by atomic mass is 16.5. The van der Waals surface area contributed by atoms with E-state index in [0.717, 1.165) is 54.4 Å². The van der Waals surface area contributed by atoms with Crippen LogP contribution in [0, 0.1) is 0 Å². The van der Waals surface area contributed by atoms with E-state index in [9.17, 15) is 4.79 Å². The van der Waals surface area contributed by atoms with Gasteiger partial charge in [-0.3, -0.25) is 0 Å². The van der Waals surface area contributed by atoms with Gasteiger partial charge in [-0.25, -0.2) is 4.79 Å². The standard InChI is InChI=1S/C21H22O3/c1-2-3-4-5-16-24-20-13-11-19(12-14-20)18-9-6-17(7-10-18)8-15-21(22)23/h2,6-15H,1,3-5,16H2,(H,22,23). The topological polar surface area (TPSA) is 46.5 Å². The van der Waals surface area contributed by atoms with Crippen molar-refractivity contribution in [1.29, 1.82) is 0 Å². The van der Waals surface area contributed by atoms with Gasteiger partial charge in [0.1, 0.15) is 5.75 Å². The second-order valence-corrected chi connectivity index (χ2v) is 5.45. The molecule has 0 spiro atoms. The Morgan fingerprint density at radius 2 is 1.62 bits per heavy atom. The molecule has 2 aromatic carbocycles. The van der Waals surface area contributed by atoms with Gasteiger partial charge in [0, 0.05) is 6.08 Å². The Kier molecular flexibility index (Phi) is 6.84. The summed E-state index contributed by atoms with van der Waals surface area (Å²) in [5, 5.41) is 8.63. The Morgan fingerprint density at radius 3 is 2.21 bits per heavy atom. The van der Waals surface area contributed by atoms with Crippen LogP contribution in [-0.4, -0.2) is 17.7 Å². The lowest BCUT2D eigenvalue weighted by molar-refractivity contribution is -0.131. The molecule has 0 amide bonds. The number of rotatable bonds is 9. The predicted molar refractivity (Wildman–Crippen MR) is 98.1 cm³/mol. The van der Waals surface area contributed by atoms with Crippen molar-refractivity contribution >= 4 is 12.0 Å². The third-order valence-corrected chi connectivity index (χ3v) is 3.59. The Bertz CT molecular complexity index is 682. The number of aliphatic carboxylic acids is 1. The minimum Gasteiger partial charge on any atom is -0.494 e. The average molecular weight is 322 g/mol. The first-order chi connectivity index (χ1) is 11.7. The number of carbonyl (C=O) groups is 1. The lowest BCUT2D eigenvalue weighted by Crippen LogP contribution is -1.96. The van der Waals surface area contributed by atoms with Crippen molar-refractivity contribution in [2.24, 2.45) is 0 Å². The van der Waals surface area contributed by atoms with Crippen molar-refractivity contribution in [2.45, 2.75) is 19.3 Å². The van der Waals surface area contributed by atoms with Crippen molar-refractivity contribution in [3.05, 3.63) is 72.8 Å². The quantitative estimate of drug-likeness (QED) is 0.393. The first-order valence-electron chi connectivity index (χ1n) is 8.04. The maximum atomic E-state index is 10.5. The molecule has 0 aliphatic rings. The summed E-state index contributed by atoms with van der Waals surface area (Å²) in [5.74, 6) is -0.0717. The molecule has 24 heavy (non-hydrogen) atoms. The second kappa shape index (κ2) is 9.36. The van der Waals surface area contributed by atoms with Gasteiger partial charge >= 0.3 is 5.97 Å². The molecule has 0 heterocycles. The molecule has 0 aliphatic heterocycles. The fraction of sp³-hybridized carbons (Fsp3) is 0.190. The molecule has 0 aromatic heterocycles. The molecule has 0 saturated heterocycles. The fourth-order valence-corrected chi connectivity index (χ4v) is 2.28. The minimum absolute atomic E-state index is 0.720. The molecule has 2 rings (SSSR count). The largest absolute Gasteiger partial charge is 0.494 e. The highest BCUT2D eigenvalue weighted by Gasteiger charge is 1.99. The maximum Gasteiger partial charge on any atom is 0.328 e. The SMILES string of the molecule is C=CCCCCOc1ccc(-c2ccc(C=CC(=O)O)cc2)cc1. The van der Waals surface area contributed by atoms with Crippen molar-refractivity contribution in [3.63, 3.8) is 0 Å². The van der Waals surface area contributed by atoms with Crippen LogP contribution in [-0.2, 0) is 4.79 Å². The maximum absolute atomic E-state index is 10.5. The molecule has 1 N–H and O–H groups in total. The average Bonchev–Trinajstić information content (AvgIpc) is 2.61. The van der Waals surface area contributed by atoms with Crippen molar-refractivity contribution in [1.82, 2.24) is 0 Å². The van der Waals surface area contributed by atoms with Gasteiger partial charge in [-0.2, -0.15) is 0 Å². The van der Waals surface area contributed by atoms with Crippen LogP contribution in [0.4, 0.5) is 0 Å². The fourth-order valence-electron chi connectivity index (χ4n) is 2.28. The van der Waals surface area contributed by atoms with Gasteiger partial charge in [0.05, 0.1) is 6.61 Å². The normalized spacial score (nSPS) is 10.7. The molecule has 2 aromatic rings. The number of hydrogen-bond acceptors (Lipinski definition) is 2. The second-order valence-electron chi connectivity index (χ2n) is 5.45. The Hall–Kier alpha value is -2.81. The number of carboxylic acid groups (broad SMARTS) is 1. The van der Waals surface area contributed by atoms with Gasteiger partial charge in [-0.1, -0.05) is 42.5 Å². The van der Waals surface area contributed by atoms with Crippen molar-refractivity contribution in [3.8, 4) is 16.9 Å². The summed E-state index contributed by atoms with van der Waals surface area (Å²) >= 11 is 0. The smallest absolute Gasteiger partial charge is 0.328 e. The highest BCUT2D eigenvalue weighted by molar-refractivity contribution is 5.85. The van der Waals surface area contributed by atoms with E-state index in [2.05, 4.69) is 6.58 Å². The van der Waals surface area contributed by atoms with Crippen LogP contribution in [0.1, 0.15) is 24.8 Å². The van der Waals surface area contributed by atoms with Crippen LogP contribution < -0.4 is 4.74 Å². The summed E-state index contributed by atoms with van der Waals surface area (Å²) < 4.78 is 5.72. The minimum atomic E-state index is -0.945. The summed E-state index contributed by atoms with van der Waals surface area (Å²) in [4.78, 5) is 10.5. The lowest BCUT2D eigenvalue weighted by Gasteiger charge is -2.07. The molecule has 0 atom stereocenters. The van der Waals surface area contributed by atoms with Crippen LogP contribution in [0.5, 0.6) is 5.75 Å². The van der Waals surface area contributed by atoms with E-state index in [1.807, 2.05) is 54.6 Å². The first-order valence-corrected chi connectivity index (χ1v) is 8.04. The number of benzene rings is 2. The molecule has 0 radical (unpaired) electrons. The van der Waals surface area contributed by atoms with E-state index in [1.165, 1.54) is 0 Å². The predicted octanol–water partition coefficient (Wildman–Crippen LogP) is 5.19. The van der Waals surface area contributed by atoms with Crippen LogP contribution in [0.25, 0.3) is 17.2 Å². The molecule has 3 nitrogen and oxygen atoms in total. The number of allylic oxidation sites excluding steroid dienone is 1. The summed E-state index contributed by atoms with van der Waals surface area (Å²) in [5.41, 5.74) is 3.04. The van der Waals surface area contributed by atoms with E-state index in [-0.39, 0.29) is 0 Å². The number of ether oxygens (including phenoxy) is 1. The van der Waals surface area contributed by atoms with Gasteiger partial charge in [0.2, 0.25) is 0 Å². The number of hydrogen-bond donors (Lipinski definition) is 1. The van der Waals surface area contributed by atoms with Crippen molar-refractivity contribution in [2.75, 3.05) is 6.61 Å². The third-order valence-electron chi connectivity index (χ3n) is 3.59. The Morgan fingerprint density at radius 1 is 1.00 bits per heavy atom. The van der Waals surface area contributed by atoms with Crippen molar-refractivity contribution < 1.29 is 14.6 Å². The highest BCUT2D eigenvalue weighted by Crippen LogP contribution is 2.23. The zero-order chi connectivity index (χ0) is 17.2. The molecule has 0 bridgehead atoms. The number of unbranched alkanes of at least 4 members (excludes halogenated alkanes) is 2. The Labute approximate surface area is 142 Å².